The molecular weight excluding hydrogens is 371 g/mol. The van der Waals surface area contributed by atoms with Gasteiger partial charge in [0.2, 0.25) is 0 Å². The van der Waals surface area contributed by atoms with Crippen LogP contribution in [0.1, 0.15) is 37.9 Å². The smallest absolute Gasteiger partial charge is 0.336 e. The van der Waals surface area contributed by atoms with Gasteiger partial charge in [-0.1, -0.05) is 17.7 Å². The second-order valence-corrected chi connectivity index (χ2v) is 7.26. The maximum absolute atomic E-state index is 14.7. The second-order valence-electron chi connectivity index (χ2n) is 6.86. The molecular formula is C20H22ClFN2O3. The maximum Gasteiger partial charge on any atom is 0.336 e. The summed E-state index contributed by atoms with van der Waals surface area (Å²) in [5.41, 5.74) is 0.0593. The molecule has 0 fully saturated rings. The molecule has 3 rings (SSSR count). The Balaban J connectivity index is 2.32. The molecule has 5 nitrogen and oxygen atoms in total. The van der Waals surface area contributed by atoms with Gasteiger partial charge in [0, 0.05) is 23.9 Å². The van der Waals surface area contributed by atoms with E-state index in [1.165, 1.54) is 10.6 Å². The van der Waals surface area contributed by atoms with E-state index in [1.54, 1.807) is 6.08 Å². The summed E-state index contributed by atoms with van der Waals surface area (Å²) in [5, 5.41) is 0.0855. The summed E-state index contributed by atoms with van der Waals surface area (Å²) >= 11 is 6.06. The molecule has 0 bridgehead atoms. The monoisotopic (exact) mass is 392 g/mol. The van der Waals surface area contributed by atoms with E-state index >= 15 is 0 Å². The van der Waals surface area contributed by atoms with Gasteiger partial charge in [-0.05, 0) is 45.6 Å². The van der Waals surface area contributed by atoms with E-state index < -0.39 is 17.1 Å². The number of allylic oxidation sites excluding steroid dienone is 1. The number of benzene rings is 1. The molecule has 0 aliphatic heterocycles. The summed E-state index contributed by atoms with van der Waals surface area (Å²) in [4.78, 5) is 26.1. The van der Waals surface area contributed by atoms with Crippen molar-refractivity contribution in [2.24, 2.45) is 0 Å². The SMILES string of the molecule is C=CCn1c2c(c(=O)n(-c3cc(OC(C)C)c(Cl)cc3F)c1=O)CCCC2. The van der Waals surface area contributed by atoms with E-state index in [1.807, 2.05) is 13.8 Å². The van der Waals surface area contributed by atoms with Crippen LogP contribution in [0.25, 0.3) is 5.69 Å². The van der Waals surface area contributed by atoms with Crippen molar-refractivity contribution in [3.05, 3.63) is 67.7 Å². The molecule has 0 N–H and O–H groups in total. The van der Waals surface area contributed by atoms with Gasteiger partial charge in [0.1, 0.15) is 11.6 Å². The Morgan fingerprint density at radius 2 is 2.00 bits per heavy atom. The normalized spacial score (nSPS) is 13.5. The van der Waals surface area contributed by atoms with Crippen molar-refractivity contribution in [3.63, 3.8) is 0 Å². The highest BCUT2D eigenvalue weighted by atomic mass is 35.5. The van der Waals surface area contributed by atoms with Crippen molar-refractivity contribution >= 4 is 11.6 Å². The maximum atomic E-state index is 14.7. The predicted octanol–water partition coefficient (Wildman–Crippen LogP) is 3.64. The molecule has 0 atom stereocenters. The number of fused-ring (bicyclic) bond motifs is 1. The van der Waals surface area contributed by atoms with Crippen molar-refractivity contribution < 1.29 is 9.13 Å². The molecule has 0 saturated carbocycles. The first kappa shape index (κ1) is 19.4. The number of hydrogen-bond donors (Lipinski definition) is 0. The van der Waals surface area contributed by atoms with Crippen molar-refractivity contribution in [1.29, 1.82) is 0 Å². The molecule has 2 aromatic rings. The van der Waals surface area contributed by atoms with Crippen molar-refractivity contribution in [1.82, 2.24) is 9.13 Å². The van der Waals surface area contributed by atoms with Crippen LogP contribution in [-0.4, -0.2) is 15.2 Å². The van der Waals surface area contributed by atoms with E-state index in [0.29, 0.717) is 18.4 Å². The summed E-state index contributed by atoms with van der Waals surface area (Å²) in [6.07, 6.45) is 4.39. The minimum Gasteiger partial charge on any atom is -0.489 e. The minimum absolute atomic E-state index is 0.0855. The van der Waals surface area contributed by atoms with Gasteiger partial charge in [0.05, 0.1) is 16.8 Å². The zero-order chi connectivity index (χ0) is 19.7. The lowest BCUT2D eigenvalue weighted by Gasteiger charge is -2.22. The van der Waals surface area contributed by atoms with Gasteiger partial charge in [-0.25, -0.2) is 13.8 Å². The second kappa shape index (κ2) is 7.72. The molecule has 7 heteroatoms. The lowest BCUT2D eigenvalue weighted by Crippen LogP contribution is -2.43. The molecule has 0 saturated heterocycles. The third-order valence-corrected chi connectivity index (χ3v) is 4.86. The van der Waals surface area contributed by atoms with E-state index in [4.69, 9.17) is 16.3 Å². The first-order valence-electron chi connectivity index (χ1n) is 8.99. The molecule has 27 heavy (non-hydrogen) atoms. The molecule has 1 aliphatic rings. The summed E-state index contributed by atoms with van der Waals surface area (Å²) in [6.45, 7) is 7.56. The Morgan fingerprint density at radius 1 is 1.30 bits per heavy atom. The van der Waals surface area contributed by atoms with Crippen LogP contribution in [0.5, 0.6) is 5.75 Å². The van der Waals surface area contributed by atoms with Gasteiger partial charge in [-0.3, -0.25) is 9.36 Å². The third-order valence-electron chi connectivity index (χ3n) is 4.56. The molecule has 1 aromatic heterocycles. The van der Waals surface area contributed by atoms with Crippen LogP contribution in [-0.2, 0) is 19.4 Å². The highest BCUT2D eigenvalue weighted by Gasteiger charge is 2.24. The summed E-state index contributed by atoms with van der Waals surface area (Å²) < 4.78 is 22.7. The van der Waals surface area contributed by atoms with Gasteiger partial charge in [0.15, 0.2) is 0 Å². The van der Waals surface area contributed by atoms with Crippen LogP contribution in [0, 0.1) is 5.82 Å². The number of aromatic nitrogens is 2. The van der Waals surface area contributed by atoms with Crippen LogP contribution in [0.4, 0.5) is 4.39 Å². The minimum atomic E-state index is -0.754. The van der Waals surface area contributed by atoms with Crippen LogP contribution >= 0.6 is 11.6 Å². The van der Waals surface area contributed by atoms with E-state index in [2.05, 4.69) is 6.58 Å². The van der Waals surface area contributed by atoms with Crippen molar-refractivity contribution in [2.75, 3.05) is 0 Å². The molecule has 0 radical (unpaired) electrons. The molecule has 1 aromatic carbocycles. The first-order chi connectivity index (χ1) is 12.8. The fourth-order valence-corrected chi connectivity index (χ4v) is 3.63. The number of rotatable bonds is 5. The zero-order valence-electron chi connectivity index (χ0n) is 15.4. The lowest BCUT2D eigenvalue weighted by atomic mass is 9.96. The molecule has 0 spiro atoms. The van der Waals surface area contributed by atoms with Crippen molar-refractivity contribution in [2.45, 2.75) is 52.2 Å². The highest BCUT2D eigenvalue weighted by molar-refractivity contribution is 6.32. The molecule has 144 valence electrons. The fraction of sp³-hybridized carbons (Fsp3) is 0.400. The summed E-state index contributed by atoms with van der Waals surface area (Å²) in [5.74, 6) is -0.529. The average molecular weight is 393 g/mol. The standard InChI is InChI=1S/C20H22ClFN2O3/c1-4-9-23-16-8-6-5-7-13(16)19(25)24(20(23)26)17-11-18(27-12(2)3)14(21)10-15(17)22/h4,10-12H,1,5-9H2,2-3H3. The molecule has 1 aliphatic carbocycles. The van der Waals surface area contributed by atoms with Gasteiger partial charge < -0.3 is 4.74 Å². The number of ether oxygens (including phenoxy) is 1. The fourth-order valence-electron chi connectivity index (χ4n) is 3.44. The van der Waals surface area contributed by atoms with Gasteiger partial charge in [-0.15, -0.1) is 6.58 Å². The van der Waals surface area contributed by atoms with Gasteiger partial charge in [-0.2, -0.15) is 0 Å². The Hall–Kier alpha value is -2.34. The molecule has 0 unspecified atom stereocenters. The topological polar surface area (TPSA) is 53.2 Å². The van der Waals surface area contributed by atoms with Crippen LogP contribution in [0.2, 0.25) is 5.02 Å². The Bertz CT molecular complexity index is 1010. The number of halogens is 2. The third kappa shape index (κ3) is 3.58. The number of nitrogens with zero attached hydrogens (tertiary/aromatic N) is 2. The lowest BCUT2D eigenvalue weighted by molar-refractivity contribution is 0.242. The predicted molar refractivity (Wildman–Crippen MR) is 104 cm³/mol. The van der Waals surface area contributed by atoms with Gasteiger partial charge in [0.25, 0.3) is 5.56 Å². The molecule has 0 amide bonds. The van der Waals surface area contributed by atoms with E-state index in [9.17, 15) is 14.0 Å². The zero-order valence-corrected chi connectivity index (χ0v) is 16.2. The van der Waals surface area contributed by atoms with Crippen molar-refractivity contribution in [3.8, 4) is 11.4 Å². The highest BCUT2D eigenvalue weighted by Crippen LogP contribution is 2.30. The van der Waals surface area contributed by atoms with E-state index in [0.717, 1.165) is 29.2 Å². The Kier molecular flexibility index (Phi) is 5.56. The summed E-state index contributed by atoms with van der Waals surface area (Å²) in [6, 6.07) is 2.38. The van der Waals surface area contributed by atoms with Crippen LogP contribution < -0.4 is 16.0 Å². The Morgan fingerprint density at radius 3 is 2.67 bits per heavy atom. The Labute approximate surface area is 161 Å². The first-order valence-corrected chi connectivity index (χ1v) is 9.37. The van der Waals surface area contributed by atoms with Gasteiger partial charge >= 0.3 is 5.69 Å². The summed E-state index contributed by atoms with van der Waals surface area (Å²) in [7, 11) is 0. The van der Waals surface area contributed by atoms with E-state index in [-0.39, 0.29) is 29.1 Å². The number of hydrogen-bond acceptors (Lipinski definition) is 3. The molecule has 1 heterocycles. The van der Waals surface area contributed by atoms with Crippen LogP contribution in [0.15, 0.2) is 34.4 Å². The van der Waals surface area contributed by atoms with Crippen LogP contribution in [0.3, 0.4) is 0 Å². The quantitative estimate of drug-likeness (QED) is 0.730. The average Bonchev–Trinajstić information content (AvgIpc) is 2.62. The largest absolute Gasteiger partial charge is 0.489 e.